The van der Waals surface area contributed by atoms with Gasteiger partial charge in [0.15, 0.2) is 6.61 Å². The molecule has 0 radical (unpaired) electrons. The second-order valence-electron chi connectivity index (χ2n) is 7.42. The van der Waals surface area contributed by atoms with E-state index < -0.39 is 5.97 Å². The number of aromatic nitrogens is 2. The number of nitrogens with zero attached hydrogens (tertiary/aromatic N) is 3. The molecule has 0 aliphatic rings. The Morgan fingerprint density at radius 1 is 1.03 bits per heavy atom. The third kappa shape index (κ3) is 4.23. The van der Waals surface area contributed by atoms with Crippen LogP contribution in [0.5, 0.6) is 0 Å². The lowest BCUT2D eigenvalue weighted by atomic mass is 10.0. The highest BCUT2D eigenvalue weighted by atomic mass is 16.5. The van der Waals surface area contributed by atoms with Gasteiger partial charge >= 0.3 is 5.97 Å². The van der Waals surface area contributed by atoms with E-state index in [9.17, 15) is 9.59 Å². The van der Waals surface area contributed by atoms with Gasteiger partial charge in [-0.3, -0.25) is 4.79 Å². The van der Waals surface area contributed by atoms with E-state index in [1.807, 2.05) is 68.4 Å². The predicted octanol–water partition coefficient (Wildman–Crippen LogP) is 4.72. The SMILES string of the molecule is CCN(C(=O)COC(=O)c1cc(-c2ccc(C)cc2)nc2onc(C)c12)c1ccccc1. The molecule has 0 N–H and O–H groups in total. The minimum Gasteiger partial charge on any atom is -0.452 e. The van der Waals surface area contributed by atoms with E-state index in [1.165, 1.54) is 0 Å². The molecule has 2 aromatic heterocycles. The lowest BCUT2D eigenvalue weighted by Crippen LogP contribution is -2.34. The van der Waals surface area contributed by atoms with Gasteiger partial charge in [0.1, 0.15) is 0 Å². The minimum absolute atomic E-state index is 0.248. The summed E-state index contributed by atoms with van der Waals surface area (Å²) in [7, 11) is 0. The second-order valence-corrected chi connectivity index (χ2v) is 7.42. The van der Waals surface area contributed by atoms with E-state index in [4.69, 9.17) is 9.26 Å². The summed E-state index contributed by atoms with van der Waals surface area (Å²) in [6, 6.07) is 18.7. The molecule has 4 aromatic rings. The lowest BCUT2D eigenvalue weighted by Gasteiger charge is -2.20. The average molecular weight is 429 g/mol. The zero-order chi connectivity index (χ0) is 22.7. The van der Waals surface area contributed by atoms with Gasteiger partial charge in [-0.05, 0) is 39.0 Å². The van der Waals surface area contributed by atoms with Gasteiger partial charge in [-0.1, -0.05) is 53.2 Å². The number of anilines is 1. The van der Waals surface area contributed by atoms with Gasteiger partial charge < -0.3 is 14.2 Å². The van der Waals surface area contributed by atoms with Crippen LogP contribution in [0.2, 0.25) is 0 Å². The van der Waals surface area contributed by atoms with Crippen molar-refractivity contribution in [2.45, 2.75) is 20.8 Å². The topological polar surface area (TPSA) is 85.5 Å². The molecule has 162 valence electrons. The molecule has 7 nitrogen and oxygen atoms in total. The standard InChI is InChI=1S/C25H23N3O4/c1-4-28(19-8-6-5-7-9-19)22(29)15-31-25(30)20-14-21(18-12-10-16(2)11-13-18)26-24-23(20)17(3)27-32-24/h5-14H,4,15H2,1-3H3. The van der Waals surface area contributed by atoms with E-state index >= 15 is 0 Å². The summed E-state index contributed by atoms with van der Waals surface area (Å²) in [5.74, 6) is -0.937. The van der Waals surface area contributed by atoms with Crippen LogP contribution in [0.1, 0.15) is 28.5 Å². The quantitative estimate of drug-likeness (QED) is 0.413. The Labute approximate surface area is 185 Å². The van der Waals surface area contributed by atoms with Gasteiger partial charge in [-0.2, -0.15) is 0 Å². The number of benzene rings is 2. The summed E-state index contributed by atoms with van der Waals surface area (Å²) in [5.41, 5.74) is 4.30. The average Bonchev–Trinajstić information content (AvgIpc) is 3.19. The molecule has 0 spiro atoms. The summed E-state index contributed by atoms with van der Waals surface area (Å²) >= 11 is 0. The molecule has 7 heteroatoms. The van der Waals surface area contributed by atoms with E-state index in [1.54, 1.807) is 17.9 Å². The van der Waals surface area contributed by atoms with Gasteiger partial charge in [0.25, 0.3) is 11.6 Å². The Hall–Kier alpha value is -4.00. The zero-order valence-electron chi connectivity index (χ0n) is 18.2. The Balaban J connectivity index is 1.60. The maximum atomic E-state index is 13.0. The number of pyridine rings is 1. The third-order valence-electron chi connectivity index (χ3n) is 5.20. The van der Waals surface area contributed by atoms with E-state index in [0.717, 1.165) is 16.8 Å². The van der Waals surface area contributed by atoms with Crippen molar-refractivity contribution >= 4 is 28.7 Å². The van der Waals surface area contributed by atoms with Crippen LogP contribution in [0, 0.1) is 13.8 Å². The number of hydrogen-bond acceptors (Lipinski definition) is 6. The van der Waals surface area contributed by atoms with Gasteiger partial charge in [-0.15, -0.1) is 0 Å². The lowest BCUT2D eigenvalue weighted by molar-refractivity contribution is -0.121. The van der Waals surface area contributed by atoms with Crippen molar-refractivity contribution in [3.8, 4) is 11.3 Å². The first-order valence-electron chi connectivity index (χ1n) is 10.3. The van der Waals surface area contributed by atoms with Crippen molar-refractivity contribution in [3.63, 3.8) is 0 Å². The molecule has 0 atom stereocenters. The van der Waals surface area contributed by atoms with Crippen LogP contribution in [-0.4, -0.2) is 35.2 Å². The number of aryl methyl sites for hydroxylation is 2. The van der Waals surface area contributed by atoms with Crippen molar-refractivity contribution in [1.82, 2.24) is 10.1 Å². The molecule has 0 fully saturated rings. The van der Waals surface area contributed by atoms with E-state index in [-0.39, 0.29) is 23.8 Å². The van der Waals surface area contributed by atoms with Crippen LogP contribution in [-0.2, 0) is 9.53 Å². The van der Waals surface area contributed by atoms with Crippen LogP contribution >= 0.6 is 0 Å². The third-order valence-corrected chi connectivity index (χ3v) is 5.20. The largest absolute Gasteiger partial charge is 0.452 e. The molecular formula is C25H23N3O4. The number of carbonyl (C=O) groups excluding carboxylic acids is 2. The summed E-state index contributed by atoms with van der Waals surface area (Å²) in [5, 5.41) is 4.42. The number of ether oxygens (including phenoxy) is 1. The van der Waals surface area contributed by atoms with Crippen LogP contribution < -0.4 is 4.90 Å². The molecule has 0 bridgehead atoms. The van der Waals surface area contributed by atoms with Crippen LogP contribution in [0.4, 0.5) is 5.69 Å². The minimum atomic E-state index is -0.630. The van der Waals surface area contributed by atoms with Crippen LogP contribution in [0.25, 0.3) is 22.4 Å². The molecule has 4 rings (SSSR count). The molecule has 2 aromatic carbocycles. The van der Waals surface area contributed by atoms with Crippen molar-refractivity contribution in [3.05, 3.63) is 77.5 Å². The number of carbonyl (C=O) groups is 2. The first-order chi connectivity index (χ1) is 15.5. The predicted molar refractivity (Wildman–Crippen MR) is 121 cm³/mol. The Morgan fingerprint density at radius 3 is 2.44 bits per heavy atom. The number of para-hydroxylation sites is 1. The van der Waals surface area contributed by atoms with E-state index in [0.29, 0.717) is 23.3 Å². The summed E-state index contributed by atoms with van der Waals surface area (Å²) < 4.78 is 10.7. The Bertz CT molecular complexity index is 1260. The number of likely N-dealkylation sites (N-methyl/N-ethyl adjacent to an activating group) is 1. The van der Waals surface area contributed by atoms with Crippen molar-refractivity contribution < 1.29 is 18.8 Å². The number of rotatable bonds is 6. The molecule has 32 heavy (non-hydrogen) atoms. The Morgan fingerprint density at radius 2 is 1.75 bits per heavy atom. The van der Waals surface area contributed by atoms with Crippen LogP contribution in [0.15, 0.2) is 65.2 Å². The highest BCUT2D eigenvalue weighted by molar-refractivity contribution is 6.05. The zero-order valence-corrected chi connectivity index (χ0v) is 18.2. The van der Waals surface area contributed by atoms with Crippen molar-refractivity contribution in [2.24, 2.45) is 0 Å². The fourth-order valence-electron chi connectivity index (χ4n) is 3.52. The first kappa shape index (κ1) is 21.2. The van der Waals surface area contributed by atoms with Gasteiger partial charge in [0.2, 0.25) is 0 Å². The Kier molecular flexibility index (Phi) is 5.98. The van der Waals surface area contributed by atoms with Gasteiger partial charge in [-0.25, -0.2) is 9.78 Å². The summed E-state index contributed by atoms with van der Waals surface area (Å²) in [6.07, 6.45) is 0. The molecular weight excluding hydrogens is 406 g/mol. The van der Waals surface area contributed by atoms with E-state index in [2.05, 4.69) is 10.1 Å². The summed E-state index contributed by atoms with van der Waals surface area (Å²) in [4.78, 5) is 31.8. The number of hydrogen-bond donors (Lipinski definition) is 0. The van der Waals surface area contributed by atoms with Gasteiger partial charge in [0.05, 0.1) is 22.3 Å². The monoisotopic (exact) mass is 429 g/mol. The maximum absolute atomic E-state index is 13.0. The molecule has 0 saturated carbocycles. The smallest absolute Gasteiger partial charge is 0.339 e. The number of amides is 1. The van der Waals surface area contributed by atoms with Crippen LogP contribution in [0.3, 0.4) is 0 Å². The molecule has 0 aliphatic carbocycles. The van der Waals surface area contributed by atoms with Crippen molar-refractivity contribution in [2.75, 3.05) is 18.1 Å². The number of fused-ring (bicyclic) bond motifs is 1. The summed E-state index contributed by atoms with van der Waals surface area (Å²) in [6.45, 7) is 5.68. The molecule has 0 saturated heterocycles. The maximum Gasteiger partial charge on any atom is 0.339 e. The number of esters is 1. The van der Waals surface area contributed by atoms with Crippen molar-refractivity contribution in [1.29, 1.82) is 0 Å². The first-order valence-corrected chi connectivity index (χ1v) is 10.3. The normalized spacial score (nSPS) is 10.8. The molecule has 2 heterocycles. The highest BCUT2D eigenvalue weighted by Gasteiger charge is 2.22. The fraction of sp³-hybridized carbons (Fsp3) is 0.200. The fourth-order valence-corrected chi connectivity index (χ4v) is 3.52. The molecule has 0 aliphatic heterocycles. The highest BCUT2D eigenvalue weighted by Crippen LogP contribution is 2.28. The van der Waals surface area contributed by atoms with Gasteiger partial charge in [0, 0.05) is 17.8 Å². The molecule has 1 amide bonds. The molecule has 0 unspecified atom stereocenters. The second kappa shape index (κ2) is 9.01.